The highest BCUT2D eigenvalue weighted by Crippen LogP contribution is 1.89. The quantitative estimate of drug-likeness (QED) is 0.421. The molecule has 0 saturated carbocycles. The van der Waals surface area contributed by atoms with Gasteiger partial charge in [-0.2, -0.15) is 0 Å². The van der Waals surface area contributed by atoms with E-state index in [2.05, 4.69) is 6.58 Å². The molecule has 0 spiro atoms. The minimum Gasteiger partial charge on any atom is -0.478 e. The summed E-state index contributed by atoms with van der Waals surface area (Å²) in [6, 6.07) is 0. The van der Waals surface area contributed by atoms with Gasteiger partial charge in [0.25, 0.3) is 0 Å². The fourth-order valence-electron chi connectivity index (χ4n) is 0.402. The van der Waals surface area contributed by atoms with E-state index in [-0.39, 0.29) is 12.7 Å². The summed E-state index contributed by atoms with van der Waals surface area (Å²) in [5.74, 6) is -0.981. The van der Waals surface area contributed by atoms with Crippen molar-refractivity contribution in [2.45, 2.75) is 19.4 Å². The van der Waals surface area contributed by atoms with Crippen molar-refractivity contribution in [1.82, 2.24) is 0 Å². The summed E-state index contributed by atoms with van der Waals surface area (Å²) in [5.41, 5.74) is 0. The average molecular weight is 206 g/mol. The molecule has 0 aliphatic heterocycles. The number of carboxylic acids is 1. The fourth-order valence-corrected chi connectivity index (χ4v) is 0.402. The van der Waals surface area contributed by atoms with Gasteiger partial charge in [-0.1, -0.05) is 13.5 Å². The van der Waals surface area contributed by atoms with E-state index in [0.29, 0.717) is 19.6 Å². The summed E-state index contributed by atoms with van der Waals surface area (Å²) in [5, 5.41) is 24.7. The molecule has 1 unspecified atom stereocenters. The molecule has 5 nitrogen and oxygen atoms in total. The van der Waals surface area contributed by atoms with Crippen molar-refractivity contribution >= 4 is 5.97 Å². The molecule has 0 rings (SSSR count). The standard InChI is InChI=1S/C6H14O3.C3H4O2/c1-2-6(8)5-9-4-3-7;1-2-3(4)5/h6-8H,2-5H2,1H3;2H,1H2,(H,4,5). The predicted molar refractivity (Wildman–Crippen MR) is 52.0 cm³/mol. The van der Waals surface area contributed by atoms with E-state index >= 15 is 0 Å². The van der Waals surface area contributed by atoms with Crippen LogP contribution in [0.5, 0.6) is 0 Å². The van der Waals surface area contributed by atoms with Gasteiger partial charge in [-0.15, -0.1) is 0 Å². The molecule has 3 N–H and O–H groups in total. The van der Waals surface area contributed by atoms with Gasteiger partial charge in [0, 0.05) is 6.08 Å². The third-order valence-electron chi connectivity index (χ3n) is 1.19. The number of carboxylic acid groups (broad SMARTS) is 1. The van der Waals surface area contributed by atoms with E-state index in [0.717, 1.165) is 6.08 Å². The Kier molecular flexibility index (Phi) is 13.4. The highest BCUT2D eigenvalue weighted by Gasteiger charge is 1.97. The third kappa shape index (κ3) is 17.3. The average Bonchev–Trinajstić information content (AvgIpc) is 2.19. The Morgan fingerprint density at radius 3 is 2.43 bits per heavy atom. The molecule has 0 radical (unpaired) electrons. The molecule has 0 fully saturated rings. The zero-order valence-electron chi connectivity index (χ0n) is 8.35. The SMILES string of the molecule is C=CC(=O)O.CCC(O)COCCO. The van der Waals surface area contributed by atoms with Gasteiger partial charge in [0.15, 0.2) is 0 Å². The topological polar surface area (TPSA) is 87.0 Å². The zero-order valence-corrected chi connectivity index (χ0v) is 8.35. The van der Waals surface area contributed by atoms with E-state index in [1.807, 2.05) is 6.92 Å². The van der Waals surface area contributed by atoms with Gasteiger partial charge in [0.1, 0.15) is 0 Å². The first-order chi connectivity index (χ1) is 6.58. The molecule has 0 aromatic heterocycles. The molecule has 0 bridgehead atoms. The van der Waals surface area contributed by atoms with E-state index in [1.165, 1.54) is 0 Å². The lowest BCUT2D eigenvalue weighted by Gasteiger charge is -2.06. The maximum absolute atomic E-state index is 9.25. The van der Waals surface area contributed by atoms with Crippen LogP contribution in [0.25, 0.3) is 0 Å². The number of aliphatic hydroxyl groups is 2. The Morgan fingerprint density at radius 2 is 2.14 bits per heavy atom. The molecule has 0 saturated heterocycles. The smallest absolute Gasteiger partial charge is 0.327 e. The third-order valence-corrected chi connectivity index (χ3v) is 1.19. The van der Waals surface area contributed by atoms with Gasteiger partial charge in [0.05, 0.1) is 25.9 Å². The molecule has 84 valence electrons. The molecule has 14 heavy (non-hydrogen) atoms. The highest BCUT2D eigenvalue weighted by molar-refractivity contribution is 5.78. The number of aliphatic hydroxyl groups excluding tert-OH is 2. The van der Waals surface area contributed by atoms with Crippen LogP contribution in [0.3, 0.4) is 0 Å². The number of carbonyl (C=O) groups is 1. The van der Waals surface area contributed by atoms with E-state index in [4.69, 9.17) is 20.1 Å². The molecule has 0 aliphatic rings. The molecule has 0 aromatic carbocycles. The van der Waals surface area contributed by atoms with Crippen molar-refractivity contribution in [1.29, 1.82) is 0 Å². The monoisotopic (exact) mass is 206 g/mol. The van der Waals surface area contributed by atoms with Crippen LogP contribution in [-0.4, -0.2) is 47.2 Å². The Morgan fingerprint density at radius 1 is 1.64 bits per heavy atom. The van der Waals surface area contributed by atoms with Crippen molar-refractivity contribution in [3.05, 3.63) is 12.7 Å². The summed E-state index contributed by atoms with van der Waals surface area (Å²) < 4.78 is 4.84. The number of hydrogen-bond donors (Lipinski definition) is 3. The van der Waals surface area contributed by atoms with Crippen molar-refractivity contribution in [2.75, 3.05) is 19.8 Å². The molecular weight excluding hydrogens is 188 g/mol. The van der Waals surface area contributed by atoms with Gasteiger partial charge in [-0.25, -0.2) is 4.79 Å². The van der Waals surface area contributed by atoms with Gasteiger partial charge in [0.2, 0.25) is 0 Å². The molecule has 0 aliphatic carbocycles. The Bertz CT molecular complexity index is 146. The van der Waals surface area contributed by atoms with Crippen LogP contribution in [0.15, 0.2) is 12.7 Å². The maximum Gasteiger partial charge on any atom is 0.327 e. The van der Waals surface area contributed by atoms with Crippen LogP contribution in [-0.2, 0) is 9.53 Å². The predicted octanol–water partition coefficient (Wildman–Crippen LogP) is 0.0232. The lowest BCUT2D eigenvalue weighted by molar-refractivity contribution is -0.131. The van der Waals surface area contributed by atoms with Gasteiger partial charge in [-0.05, 0) is 6.42 Å². The molecular formula is C9H18O5. The molecule has 5 heteroatoms. The van der Waals surface area contributed by atoms with Crippen LogP contribution in [0.2, 0.25) is 0 Å². The van der Waals surface area contributed by atoms with E-state index < -0.39 is 5.97 Å². The second kappa shape index (κ2) is 12.1. The summed E-state index contributed by atoms with van der Waals surface area (Å²) in [6.45, 7) is 5.51. The van der Waals surface area contributed by atoms with Crippen LogP contribution in [0.1, 0.15) is 13.3 Å². The Hall–Kier alpha value is -0.910. The van der Waals surface area contributed by atoms with Crippen LogP contribution in [0.4, 0.5) is 0 Å². The van der Waals surface area contributed by atoms with Crippen molar-refractivity contribution in [3.8, 4) is 0 Å². The van der Waals surface area contributed by atoms with Crippen molar-refractivity contribution < 1.29 is 24.9 Å². The normalized spacial score (nSPS) is 11.1. The Labute approximate surface area is 83.6 Å². The molecule has 0 amide bonds. The second-order valence-corrected chi connectivity index (χ2v) is 2.40. The van der Waals surface area contributed by atoms with Gasteiger partial charge in [-0.3, -0.25) is 0 Å². The molecule has 1 atom stereocenters. The lowest BCUT2D eigenvalue weighted by Crippen LogP contribution is -2.15. The minimum atomic E-state index is -0.981. The first kappa shape index (κ1) is 15.6. The summed E-state index contributed by atoms with van der Waals surface area (Å²) >= 11 is 0. The first-order valence-electron chi connectivity index (χ1n) is 4.30. The van der Waals surface area contributed by atoms with Crippen molar-refractivity contribution in [3.63, 3.8) is 0 Å². The van der Waals surface area contributed by atoms with Crippen LogP contribution in [0, 0.1) is 0 Å². The summed E-state index contributed by atoms with van der Waals surface area (Å²) in [4.78, 5) is 9.25. The summed E-state index contributed by atoms with van der Waals surface area (Å²) in [6.07, 6.45) is 1.15. The zero-order chi connectivity index (χ0) is 11.4. The van der Waals surface area contributed by atoms with Gasteiger partial charge < -0.3 is 20.1 Å². The molecule has 0 aromatic rings. The number of hydrogen-bond acceptors (Lipinski definition) is 4. The molecule has 0 heterocycles. The number of ether oxygens (including phenoxy) is 1. The van der Waals surface area contributed by atoms with Crippen molar-refractivity contribution in [2.24, 2.45) is 0 Å². The van der Waals surface area contributed by atoms with Crippen LogP contribution < -0.4 is 0 Å². The first-order valence-corrected chi connectivity index (χ1v) is 4.30. The van der Waals surface area contributed by atoms with E-state index in [9.17, 15) is 4.79 Å². The lowest BCUT2D eigenvalue weighted by atomic mass is 10.3. The van der Waals surface area contributed by atoms with E-state index in [1.54, 1.807) is 0 Å². The Balaban J connectivity index is 0. The highest BCUT2D eigenvalue weighted by atomic mass is 16.5. The largest absolute Gasteiger partial charge is 0.478 e. The van der Waals surface area contributed by atoms with Crippen LogP contribution >= 0.6 is 0 Å². The number of aliphatic carboxylic acids is 1. The minimum absolute atomic E-state index is 0.0242. The summed E-state index contributed by atoms with van der Waals surface area (Å²) in [7, 11) is 0. The second-order valence-electron chi connectivity index (χ2n) is 2.40. The maximum atomic E-state index is 9.25. The van der Waals surface area contributed by atoms with Gasteiger partial charge >= 0.3 is 5.97 Å². The number of rotatable bonds is 6. The fraction of sp³-hybridized carbons (Fsp3) is 0.667.